The molecule has 0 aliphatic heterocycles. The van der Waals surface area contributed by atoms with Gasteiger partial charge in [-0.15, -0.1) is 0 Å². The zero-order valence-corrected chi connectivity index (χ0v) is 11.3. The number of aromatic amines is 2. The second-order valence-electron chi connectivity index (χ2n) is 4.72. The molecule has 0 radical (unpaired) electrons. The maximum absolute atomic E-state index is 12.0. The van der Waals surface area contributed by atoms with Crippen molar-refractivity contribution in [3.05, 3.63) is 47.8 Å². The molecule has 1 unspecified atom stereocenters. The number of aryl methyl sites for hydroxylation is 1. The standard InChI is InChI=1S/C14H15N5O/c1-8(16-14(20)12-7-15-9(2)17-12)13-18-10-5-3-4-6-11(10)19-13/h3-8H,1-2H3,(H,15,17)(H,16,20)(H,18,19). The molecule has 2 heterocycles. The second-order valence-corrected chi connectivity index (χ2v) is 4.72. The van der Waals surface area contributed by atoms with Gasteiger partial charge in [0.15, 0.2) is 0 Å². The van der Waals surface area contributed by atoms with Crippen molar-refractivity contribution in [3.63, 3.8) is 0 Å². The summed E-state index contributed by atoms with van der Waals surface area (Å²) in [6.07, 6.45) is 1.52. The lowest BCUT2D eigenvalue weighted by molar-refractivity contribution is 0.0934. The summed E-state index contributed by atoms with van der Waals surface area (Å²) in [6.45, 7) is 3.69. The number of nitrogens with one attached hydrogen (secondary N) is 3. The third kappa shape index (κ3) is 2.27. The van der Waals surface area contributed by atoms with Crippen LogP contribution in [-0.4, -0.2) is 25.8 Å². The highest BCUT2D eigenvalue weighted by atomic mass is 16.2. The molecule has 0 saturated carbocycles. The minimum atomic E-state index is -0.210. The molecule has 1 amide bonds. The summed E-state index contributed by atoms with van der Waals surface area (Å²) in [4.78, 5) is 26.6. The molecule has 20 heavy (non-hydrogen) atoms. The van der Waals surface area contributed by atoms with Gasteiger partial charge >= 0.3 is 0 Å². The molecule has 6 nitrogen and oxygen atoms in total. The predicted molar refractivity (Wildman–Crippen MR) is 75.3 cm³/mol. The van der Waals surface area contributed by atoms with Crippen molar-refractivity contribution in [3.8, 4) is 0 Å². The van der Waals surface area contributed by atoms with Crippen molar-refractivity contribution >= 4 is 16.9 Å². The highest BCUT2D eigenvalue weighted by Gasteiger charge is 2.15. The smallest absolute Gasteiger partial charge is 0.269 e. The minimum absolute atomic E-state index is 0.196. The Morgan fingerprint density at radius 2 is 2.10 bits per heavy atom. The van der Waals surface area contributed by atoms with Crippen molar-refractivity contribution in [1.82, 2.24) is 25.3 Å². The molecular weight excluding hydrogens is 254 g/mol. The summed E-state index contributed by atoms with van der Waals surface area (Å²) < 4.78 is 0. The van der Waals surface area contributed by atoms with Gasteiger partial charge in [-0.25, -0.2) is 9.97 Å². The Kier molecular flexibility index (Phi) is 2.98. The Morgan fingerprint density at radius 1 is 1.30 bits per heavy atom. The van der Waals surface area contributed by atoms with Crippen LogP contribution >= 0.6 is 0 Å². The summed E-state index contributed by atoms with van der Waals surface area (Å²) in [6, 6.07) is 7.56. The van der Waals surface area contributed by atoms with Gasteiger partial charge in [-0.05, 0) is 26.0 Å². The predicted octanol–water partition coefficient (Wildman–Crippen LogP) is 2.09. The van der Waals surface area contributed by atoms with Gasteiger partial charge in [0.25, 0.3) is 5.91 Å². The molecule has 3 aromatic rings. The number of hydrogen-bond donors (Lipinski definition) is 3. The number of aromatic nitrogens is 4. The van der Waals surface area contributed by atoms with E-state index in [0.29, 0.717) is 11.5 Å². The van der Waals surface area contributed by atoms with E-state index in [0.717, 1.165) is 16.9 Å². The number of H-pyrrole nitrogens is 2. The normalized spacial score (nSPS) is 12.5. The molecular formula is C14H15N5O. The van der Waals surface area contributed by atoms with Gasteiger partial charge in [0.05, 0.1) is 23.3 Å². The molecule has 0 bridgehead atoms. The molecule has 0 aliphatic rings. The van der Waals surface area contributed by atoms with Gasteiger partial charge in [-0.2, -0.15) is 0 Å². The first-order valence-electron chi connectivity index (χ1n) is 6.40. The highest BCUT2D eigenvalue weighted by molar-refractivity contribution is 5.92. The first-order chi connectivity index (χ1) is 9.63. The number of para-hydroxylation sites is 2. The molecule has 6 heteroatoms. The highest BCUT2D eigenvalue weighted by Crippen LogP contribution is 2.15. The fourth-order valence-corrected chi connectivity index (χ4v) is 2.06. The van der Waals surface area contributed by atoms with Crippen molar-refractivity contribution in [2.45, 2.75) is 19.9 Å². The largest absolute Gasteiger partial charge is 0.341 e. The SMILES string of the molecule is Cc1ncc(C(=O)NC(C)c2nc3ccccc3[nH]2)[nH]1. The topological polar surface area (TPSA) is 86.5 Å². The van der Waals surface area contributed by atoms with Crippen LogP contribution < -0.4 is 5.32 Å². The Balaban J connectivity index is 1.78. The van der Waals surface area contributed by atoms with E-state index in [1.165, 1.54) is 6.20 Å². The number of imidazole rings is 2. The number of rotatable bonds is 3. The van der Waals surface area contributed by atoms with Crippen LogP contribution in [0.25, 0.3) is 11.0 Å². The summed E-state index contributed by atoms with van der Waals surface area (Å²) in [5.74, 6) is 1.25. The lowest BCUT2D eigenvalue weighted by Gasteiger charge is -2.10. The average molecular weight is 269 g/mol. The van der Waals surface area contributed by atoms with Gasteiger partial charge in [-0.1, -0.05) is 12.1 Å². The number of carbonyl (C=O) groups excluding carboxylic acids is 1. The number of hydrogen-bond acceptors (Lipinski definition) is 3. The van der Waals surface area contributed by atoms with E-state index >= 15 is 0 Å². The van der Waals surface area contributed by atoms with Crippen LogP contribution in [-0.2, 0) is 0 Å². The lowest BCUT2D eigenvalue weighted by atomic mass is 10.3. The fraction of sp³-hybridized carbons (Fsp3) is 0.214. The number of amides is 1. The summed E-state index contributed by atoms with van der Waals surface area (Å²) in [5.41, 5.74) is 2.30. The average Bonchev–Trinajstić information content (AvgIpc) is 3.04. The van der Waals surface area contributed by atoms with Gasteiger partial charge in [0, 0.05) is 0 Å². The van der Waals surface area contributed by atoms with E-state index in [2.05, 4.69) is 25.3 Å². The van der Waals surface area contributed by atoms with Crippen LogP contribution in [0, 0.1) is 6.92 Å². The fourth-order valence-electron chi connectivity index (χ4n) is 2.06. The van der Waals surface area contributed by atoms with Crippen molar-refractivity contribution in [1.29, 1.82) is 0 Å². The zero-order valence-electron chi connectivity index (χ0n) is 11.3. The molecule has 102 valence electrons. The number of carbonyl (C=O) groups is 1. The van der Waals surface area contributed by atoms with Crippen molar-refractivity contribution < 1.29 is 4.79 Å². The third-order valence-electron chi connectivity index (χ3n) is 3.11. The number of fused-ring (bicyclic) bond motifs is 1. The Labute approximate surface area is 115 Å². The van der Waals surface area contributed by atoms with Crippen molar-refractivity contribution in [2.75, 3.05) is 0 Å². The van der Waals surface area contributed by atoms with E-state index in [1.54, 1.807) is 6.92 Å². The second kappa shape index (κ2) is 4.80. The third-order valence-corrected chi connectivity index (χ3v) is 3.11. The van der Waals surface area contributed by atoms with Crippen LogP contribution in [0.1, 0.15) is 35.1 Å². The quantitative estimate of drug-likeness (QED) is 0.680. The maximum Gasteiger partial charge on any atom is 0.269 e. The molecule has 2 aromatic heterocycles. The Bertz CT molecular complexity index is 725. The first-order valence-corrected chi connectivity index (χ1v) is 6.40. The first kappa shape index (κ1) is 12.4. The van der Waals surface area contributed by atoms with Crippen LogP contribution in [0.2, 0.25) is 0 Å². The molecule has 0 fully saturated rings. The molecule has 1 aromatic carbocycles. The molecule has 0 aliphatic carbocycles. The van der Waals surface area contributed by atoms with Gasteiger partial charge in [0.1, 0.15) is 17.3 Å². The summed E-state index contributed by atoms with van der Waals surface area (Å²) in [5, 5.41) is 2.88. The summed E-state index contributed by atoms with van der Waals surface area (Å²) in [7, 11) is 0. The Hall–Kier alpha value is -2.63. The van der Waals surface area contributed by atoms with E-state index in [4.69, 9.17) is 0 Å². The molecule has 0 saturated heterocycles. The minimum Gasteiger partial charge on any atom is -0.341 e. The molecule has 1 atom stereocenters. The van der Waals surface area contributed by atoms with E-state index in [-0.39, 0.29) is 11.9 Å². The lowest BCUT2D eigenvalue weighted by Crippen LogP contribution is -2.27. The van der Waals surface area contributed by atoms with Crippen LogP contribution in [0.4, 0.5) is 0 Å². The van der Waals surface area contributed by atoms with E-state index < -0.39 is 0 Å². The molecule has 3 N–H and O–H groups in total. The van der Waals surface area contributed by atoms with Gasteiger partial charge < -0.3 is 15.3 Å². The van der Waals surface area contributed by atoms with Crippen LogP contribution in [0.3, 0.4) is 0 Å². The van der Waals surface area contributed by atoms with E-state index in [1.807, 2.05) is 31.2 Å². The van der Waals surface area contributed by atoms with Gasteiger partial charge in [0.2, 0.25) is 0 Å². The molecule has 3 rings (SSSR count). The number of nitrogens with zero attached hydrogens (tertiary/aromatic N) is 2. The number of benzene rings is 1. The van der Waals surface area contributed by atoms with Crippen molar-refractivity contribution in [2.24, 2.45) is 0 Å². The van der Waals surface area contributed by atoms with E-state index in [9.17, 15) is 4.79 Å². The monoisotopic (exact) mass is 269 g/mol. The zero-order chi connectivity index (χ0) is 14.1. The van der Waals surface area contributed by atoms with Gasteiger partial charge in [-0.3, -0.25) is 4.79 Å². The van der Waals surface area contributed by atoms with Crippen LogP contribution in [0.5, 0.6) is 0 Å². The van der Waals surface area contributed by atoms with Crippen LogP contribution in [0.15, 0.2) is 30.5 Å². The summed E-state index contributed by atoms with van der Waals surface area (Å²) >= 11 is 0. The molecule has 0 spiro atoms. The Morgan fingerprint density at radius 3 is 2.80 bits per heavy atom. The maximum atomic E-state index is 12.0.